The maximum atomic E-state index is 13.0. The molecule has 0 aliphatic carbocycles. The van der Waals surface area contributed by atoms with Crippen molar-refractivity contribution in [3.05, 3.63) is 23.8 Å². The van der Waals surface area contributed by atoms with Crippen LogP contribution < -0.4 is 25.8 Å². The van der Waals surface area contributed by atoms with Gasteiger partial charge in [-0.3, -0.25) is 9.59 Å². The van der Waals surface area contributed by atoms with Crippen molar-refractivity contribution < 1.29 is 28.9 Å². The molecule has 0 radical (unpaired) electrons. The fraction of sp³-hybridized carbons (Fsp3) is 0.733. The van der Waals surface area contributed by atoms with Crippen LogP contribution in [0.15, 0.2) is 18.2 Å². The fourth-order valence-corrected chi connectivity index (χ4v) is 4.38. The Hall–Kier alpha value is -2.07. The Balaban J connectivity index is 0.0000152. The van der Waals surface area contributed by atoms with Crippen molar-refractivity contribution in [2.75, 3.05) is 40.5 Å². The number of carbonyl (C=O) groups is 2. The molecule has 0 fully saturated rings. The van der Waals surface area contributed by atoms with Crippen molar-refractivity contribution in [3.63, 3.8) is 0 Å². The topological polar surface area (TPSA) is 132 Å². The average Bonchev–Trinajstić information content (AvgIpc) is 2.91. The normalized spacial score (nSPS) is 14.2. The van der Waals surface area contributed by atoms with E-state index >= 15 is 0 Å². The predicted molar refractivity (Wildman–Crippen MR) is 162 cm³/mol. The lowest BCUT2D eigenvalue weighted by Gasteiger charge is -2.30. The van der Waals surface area contributed by atoms with Crippen molar-refractivity contribution in [3.8, 4) is 11.5 Å². The predicted octanol–water partition coefficient (Wildman–Crippen LogP) is 4.19. The second-order valence-electron chi connectivity index (χ2n) is 11.0. The molecule has 0 heterocycles. The van der Waals surface area contributed by atoms with Crippen LogP contribution in [-0.4, -0.2) is 69.6 Å². The van der Waals surface area contributed by atoms with Crippen LogP contribution >= 0.6 is 12.4 Å². The van der Waals surface area contributed by atoms with Gasteiger partial charge in [-0.1, -0.05) is 41.0 Å². The van der Waals surface area contributed by atoms with Gasteiger partial charge in [0.25, 0.3) is 5.91 Å². The van der Waals surface area contributed by atoms with Gasteiger partial charge in [0.05, 0.1) is 19.8 Å². The molecule has 0 aromatic heterocycles. The van der Waals surface area contributed by atoms with E-state index in [0.717, 1.165) is 19.3 Å². The van der Waals surface area contributed by atoms with Gasteiger partial charge < -0.3 is 35.7 Å². The lowest BCUT2D eigenvalue weighted by Crippen LogP contribution is -2.44. The third-order valence-electron chi connectivity index (χ3n) is 7.18. The average molecular weight is 588 g/mol. The van der Waals surface area contributed by atoms with Gasteiger partial charge in [-0.25, -0.2) is 0 Å². The van der Waals surface area contributed by atoms with E-state index in [2.05, 4.69) is 31.4 Å². The summed E-state index contributed by atoms with van der Waals surface area (Å²) in [5.41, 5.74) is 6.90. The van der Waals surface area contributed by atoms with Gasteiger partial charge in [0.15, 0.2) is 11.5 Å². The molecule has 5 N–H and O–H groups in total. The molecule has 10 heteroatoms. The van der Waals surface area contributed by atoms with E-state index in [1.54, 1.807) is 32.4 Å². The highest BCUT2D eigenvalue weighted by atomic mass is 35.5. The molecule has 0 aliphatic rings. The van der Waals surface area contributed by atoms with Crippen molar-refractivity contribution in [2.24, 2.45) is 29.4 Å². The van der Waals surface area contributed by atoms with Crippen molar-refractivity contribution >= 4 is 24.2 Å². The van der Waals surface area contributed by atoms with Gasteiger partial charge in [-0.05, 0) is 55.2 Å². The highest BCUT2D eigenvalue weighted by Gasteiger charge is 2.29. The second kappa shape index (κ2) is 20.8. The number of hydrogen-bond donors (Lipinski definition) is 4. The summed E-state index contributed by atoms with van der Waals surface area (Å²) in [4.78, 5) is 25.6. The van der Waals surface area contributed by atoms with E-state index in [-0.39, 0.29) is 47.9 Å². The Bertz CT molecular complexity index is 855. The number of carbonyl (C=O) groups excluding carboxylic acids is 2. The Morgan fingerprint density at radius 2 is 1.68 bits per heavy atom. The summed E-state index contributed by atoms with van der Waals surface area (Å²) in [6.07, 6.45) is 2.69. The smallest absolute Gasteiger partial charge is 0.251 e. The standard InChI is InChI=1S/C30H53N3O6.ClH/c1-8-9-13-32-30(36)24(21(4)5)18-26(34)25(31)16-23(20(2)3)19-33-29(35)22-11-12-27(38-7)28(17-22)39-15-10-14-37-6;/h11-12,17,20-21,23-26,34H,8-10,13-16,18-19,31H2,1-7H3,(H,32,36)(H,33,35);1H. The lowest BCUT2D eigenvalue weighted by molar-refractivity contribution is -0.127. The number of aliphatic hydroxyl groups is 1. The number of benzene rings is 1. The molecule has 1 rings (SSSR count). The summed E-state index contributed by atoms with van der Waals surface area (Å²) in [5.74, 6) is 0.887. The minimum Gasteiger partial charge on any atom is -0.493 e. The number of aliphatic hydroxyl groups excluding tert-OH is 1. The van der Waals surface area contributed by atoms with Crippen molar-refractivity contribution in [2.45, 2.75) is 78.9 Å². The molecule has 1 aromatic rings. The molecule has 0 aliphatic heterocycles. The summed E-state index contributed by atoms with van der Waals surface area (Å²) in [6, 6.07) is 4.59. The van der Waals surface area contributed by atoms with Gasteiger partial charge in [0, 0.05) is 50.8 Å². The largest absolute Gasteiger partial charge is 0.493 e. The van der Waals surface area contributed by atoms with Crippen molar-refractivity contribution in [1.29, 1.82) is 0 Å². The highest BCUT2D eigenvalue weighted by molar-refractivity contribution is 5.94. The number of nitrogens with one attached hydrogen (secondary N) is 2. The van der Waals surface area contributed by atoms with Gasteiger partial charge >= 0.3 is 0 Å². The van der Waals surface area contributed by atoms with E-state index in [1.807, 2.05) is 13.8 Å². The van der Waals surface area contributed by atoms with E-state index in [9.17, 15) is 14.7 Å². The summed E-state index contributed by atoms with van der Waals surface area (Å²) in [6.45, 7) is 12.3. The highest BCUT2D eigenvalue weighted by Crippen LogP contribution is 2.28. The van der Waals surface area contributed by atoms with E-state index in [4.69, 9.17) is 19.9 Å². The molecule has 2 amide bonds. The minimum absolute atomic E-state index is 0. The van der Waals surface area contributed by atoms with Gasteiger partial charge in [0.2, 0.25) is 5.91 Å². The first-order chi connectivity index (χ1) is 18.5. The molecule has 232 valence electrons. The number of hydrogen-bond acceptors (Lipinski definition) is 7. The first-order valence-electron chi connectivity index (χ1n) is 14.3. The van der Waals surface area contributed by atoms with Crippen LogP contribution in [-0.2, 0) is 9.53 Å². The van der Waals surface area contributed by atoms with Crippen LogP contribution in [0.1, 0.15) is 77.1 Å². The van der Waals surface area contributed by atoms with Crippen LogP contribution in [0.4, 0.5) is 0 Å². The van der Waals surface area contributed by atoms with E-state index in [1.165, 1.54) is 0 Å². The molecule has 9 nitrogen and oxygen atoms in total. The van der Waals surface area contributed by atoms with Gasteiger partial charge in [-0.2, -0.15) is 0 Å². The molecule has 4 unspecified atom stereocenters. The molecular weight excluding hydrogens is 534 g/mol. The summed E-state index contributed by atoms with van der Waals surface area (Å²) in [7, 11) is 3.20. The minimum atomic E-state index is -0.814. The monoisotopic (exact) mass is 587 g/mol. The van der Waals surface area contributed by atoms with Crippen LogP contribution in [0.3, 0.4) is 0 Å². The SMILES string of the molecule is CCCCNC(=O)C(CC(O)C(N)CC(CNC(=O)c1ccc(OC)c(OCCCOC)c1)C(C)C)C(C)C.Cl. The fourth-order valence-electron chi connectivity index (χ4n) is 4.38. The summed E-state index contributed by atoms with van der Waals surface area (Å²) in [5, 5.41) is 16.9. The Morgan fingerprint density at radius 3 is 2.25 bits per heavy atom. The number of unbranched alkanes of at least 4 members (excludes halogenated alkanes) is 1. The Morgan fingerprint density at radius 1 is 0.975 bits per heavy atom. The summed E-state index contributed by atoms with van der Waals surface area (Å²) < 4.78 is 16.2. The molecule has 0 saturated heterocycles. The molecule has 40 heavy (non-hydrogen) atoms. The third-order valence-corrected chi connectivity index (χ3v) is 7.18. The second-order valence-corrected chi connectivity index (χ2v) is 11.0. The van der Waals surface area contributed by atoms with Crippen LogP contribution in [0.5, 0.6) is 11.5 Å². The van der Waals surface area contributed by atoms with E-state index < -0.39 is 12.1 Å². The zero-order chi connectivity index (χ0) is 29.4. The van der Waals surface area contributed by atoms with Crippen molar-refractivity contribution in [1.82, 2.24) is 10.6 Å². The van der Waals surface area contributed by atoms with Gasteiger partial charge in [-0.15, -0.1) is 12.4 Å². The molecule has 0 spiro atoms. The van der Waals surface area contributed by atoms with E-state index in [0.29, 0.717) is 56.2 Å². The van der Waals surface area contributed by atoms with Crippen LogP contribution in [0.25, 0.3) is 0 Å². The Labute approximate surface area is 247 Å². The number of nitrogens with two attached hydrogens (primary N) is 1. The molecule has 0 bridgehead atoms. The number of rotatable bonds is 20. The zero-order valence-electron chi connectivity index (χ0n) is 25.5. The van der Waals surface area contributed by atoms with Crippen LogP contribution in [0.2, 0.25) is 0 Å². The number of halogens is 1. The number of amides is 2. The molecule has 0 saturated carbocycles. The van der Waals surface area contributed by atoms with Gasteiger partial charge in [0.1, 0.15) is 0 Å². The summed E-state index contributed by atoms with van der Waals surface area (Å²) >= 11 is 0. The molecule has 1 aromatic carbocycles. The quantitative estimate of drug-likeness (QED) is 0.168. The molecule has 4 atom stereocenters. The lowest BCUT2D eigenvalue weighted by atomic mass is 9.83. The number of ether oxygens (including phenoxy) is 3. The maximum Gasteiger partial charge on any atom is 0.251 e. The first-order valence-corrected chi connectivity index (χ1v) is 14.3. The maximum absolute atomic E-state index is 13.0. The number of methoxy groups -OCH3 is 2. The molecular formula is C30H54ClN3O6. The zero-order valence-corrected chi connectivity index (χ0v) is 26.4. The van der Waals surface area contributed by atoms with Crippen LogP contribution in [0, 0.1) is 23.7 Å². The Kier molecular flexibility index (Phi) is 19.7. The first kappa shape index (κ1) is 37.9. The third kappa shape index (κ3) is 13.5.